The van der Waals surface area contributed by atoms with E-state index in [1.165, 1.54) is 5.69 Å². The van der Waals surface area contributed by atoms with Gasteiger partial charge in [-0.25, -0.2) is 4.98 Å². The molecule has 6 nitrogen and oxygen atoms in total. The molecule has 108 valence electrons. The van der Waals surface area contributed by atoms with Crippen LogP contribution in [0.4, 0.5) is 11.4 Å². The zero-order chi connectivity index (χ0) is 14.4. The lowest BCUT2D eigenvalue weighted by Crippen LogP contribution is -2.39. The highest BCUT2D eigenvalue weighted by Crippen LogP contribution is 2.33. The first-order valence-electron chi connectivity index (χ1n) is 7.19. The second-order valence-corrected chi connectivity index (χ2v) is 5.61. The predicted octanol–water partition coefficient (Wildman–Crippen LogP) is 1.79. The molecule has 1 aliphatic heterocycles. The van der Waals surface area contributed by atoms with E-state index in [-0.39, 0.29) is 0 Å². The average molecular weight is 282 g/mol. The monoisotopic (exact) mass is 282 g/mol. The van der Waals surface area contributed by atoms with Crippen LogP contribution in [0.3, 0.4) is 0 Å². The maximum Gasteiger partial charge on any atom is 0.139 e. The van der Waals surface area contributed by atoms with Crippen LogP contribution >= 0.6 is 0 Å². The number of nitrogens with zero attached hydrogens (tertiary/aromatic N) is 4. The van der Waals surface area contributed by atoms with E-state index in [9.17, 15) is 0 Å². The van der Waals surface area contributed by atoms with Gasteiger partial charge in [-0.2, -0.15) is 5.10 Å². The number of aromatic nitrogens is 4. The van der Waals surface area contributed by atoms with Gasteiger partial charge >= 0.3 is 0 Å². The first-order valence-corrected chi connectivity index (χ1v) is 7.19. The van der Waals surface area contributed by atoms with Crippen molar-refractivity contribution in [1.82, 2.24) is 19.7 Å². The van der Waals surface area contributed by atoms with Crippen molar-refractivity contribution >= 4 is 22.4 Å². The first kappa shape index (κ1) is 12.3. The van der Waals surface area contributed by atoms with Crippen molar-refractivity contribution in [3.8, 4) is 0 Å². The number of aromatic amines is 1. The summed E-state index contributed by atoms with van der Waals surface area (Å²) in [6, 6.07) is 4.52. The molecule has 6 heteroatoms. The van der Waals surface area contributed by atoms with Crippen molar-refractivity contribution in [3.63, 3.8) is 0 Å². The molecule has 0 saturated heterocycles. The van der Waals surface area contributed by atoms with Gasteiger partial charge in [-0.15, -0.1) is 0 Å². The number of aryl methyl sites for hydroxylation is 1. The molecule has 4 heterocycles. The van der Waals surface area contributed by atoms with E-state index in [2.05, 4.69) is 37.8 Å². The molecule has 21 heavy (non-hydrogen) atoms. The van der Waals surface area contributed by atoms with Crippen molar-refractivity contribution in [2.75, 3.05) is 17.7 Å². The van der Waals surface area contributed by atoms with E-state index in [1.54, 1.807) is 6.20 Å². The Kier molecular flexibility index (Phi) is 2.63. The second kappa shape index (κ2) is 4.51. The van der Waals surface area contributed by atoms with Crippen LogP contribution in [0.5, 0.6) is 0 Å². The van der Waals surface area contributed by atoms with E-state index >= 15 is 0 Å². The van der Waals surface area contributed by atoms with Crippen LogP contribution in [0.2, 0.25) is 0 Å². The number of nitrogens with one attached hydrogen (secondary N) is 1. The Morgan fingerprint density at radius 2 is 2.33 bits per heavy atom. The molecule has 0 amide bonds. The SMILES string of the molecule is CN(c1c(N)cnc2[nH]ccc12)C1CCc2ccnn2C1. The standard InChI is InChI=1S/C15H18N6/c1-20(11-3-2-10-4-7-19-21(10)9-11)14-12-5-6-17-15(12)18-8-13(14)16/h4-8,11H,2-3,9,16H2,1H3,(H,17,18). The van der Waals surface area contributed by atoms with Gasteiger partial charge in [0.15, 0.2) is 0 Å². The van der Waals surface area contributed by atoms with Crippen molar-refractivity contribution in [1.29, 1.82) is 0 Å². The van der Waals surface area contributed by atoms with Crippen LogP contribution in [-0.4, -0.2) is 32.8 Å². The molecule has 1 unspecified atom stereocenters. The largest absolute Gasteiger partial charge is 0.396 e. The van der Waals surface area contributed by atoms with Crippen LogP contribution in [0.15, 0.2) is 30.7 Å². The number of likely N-dealkylation sites (N-methyl/N-ethyl adjacent to an activating group) is 1. The van der Waals surface area contributed by atoms with Gasteiger partial charge in [0.25, 0.3) is 0 Å². The first-order chi connectivity index (χ1) is 10.2. The van der Waals surface area contributed by atoms with Gasteiger partial charge in [0.2, 0.25) is 0 Å². The topological polar surface area (TPSA) is 75.8 Å². The van der Waals surface area contributed by atoms with Gasteiger partial charge < -0.3 is 15.6 Å². The summed E-state index contributed by atoms with van der Waals surface area (Å²) >= 11 is 0. The molecule has 0 aromatic carbocycles. The molecule has 0 fully saturated rings. The van der Waals surface area contributed by atoms with Gasteiger partial charge in [-0.1, -0.05) is 0 Å². The highest BCUT2D eigenvalue weighted by molar-refractivity contribution is 5.96. The van der Waals surface area contributed by atoms with Gasteiger partial charge in [0.1, 0.15) is 5.65 Å². The van der Waals surface area contributed by atoms with Crippen LogP contribution in [0, 0.1) is 0 Å². The molecule has 0 saturated carbocycles. The van der Waals surface area contributed by atoms with Crippen molar-refractivity contribution in [3.05, 3.63) is 36.4 Å². The zero-order valence-corrected chi connectivity index (χ0v) is 12.0. The molecule has 1 aliphatic rings. The predicted molar refractivity (Wildman–Crippen MR) is 83.2 cm³/mol. The Balaban J connectivity index is 1.72. The van der Waals surface area contributed by atoms with E-state index in [0.717, 1.165) is 41.8 Å². The Morgan fingerprint density at radius 3 is 3.24 bits per heavy atom. The molecule has 0 aliphatic carbocycles. The summed E-state index contributed by atoms with van der Waals surface area (Å²) in [5.74, 6) is 0. The molecule has 3 aromatic heterocycles. The lowest BCUT2D eigenvalue weighted by molar-refractivity contribution is 0.414. The zero-order valence-electron chi connectivity index (χ0n) is 12.0. The number of hydrogen-bond donors (Lipinski definition) is 2. The normalized spacial score (nSPS) is 17.9. The van der Waals surface area contributed by atoms with Crippen molar-refractivity contribution < 1.29 is 0 Å². The molecule has 0 radical (unpaired) electrons. The Hall–Kier alpha value is -2.50. The van der Waals surface area contributed by atoms with E-state index in [4.69, 9.17) is 5.73 Å². The minimum atomic E-state index is 0.389. The summed E-state index contributed by atoms with van der Waals surface area (Å²) in [5.41, 5.74) is 10.2. The molecule has 3 aromatic rings. The maximum absolute atomic E-state index is 6.19. The smallest absolute Gasteiger partial charge is 0.139 e. The summed E-state index contributed by atoms with van der Waals surface area (Å²) in [5, 5.41) is 5.47. The molecule has 4 rings (SSSR count). The van der Waals surface area contributed by atoms with Crippen LogP contribution in [0.1, 0.15) is 12.1 Å². The quantitative estimate of drug-likeness (QED) is 0.751. The number of fused-ring (bicyclic) bond motifs is 2. The number of anilines is 2. The lowest BCUT2D eigenvalue weighted by atomic mass is 10.0. The van der Waals surface area contributed by atoms with E-state index in [0.29, 0.717) is 6.04 Å². The van der Waals surface area contributed by atoms with E-state index < -0.39 is 0 Å². The summed E-state index contributed by atoms with van der Waals surface area (Å²) in [6.07, 6.45) is 7.67. The Morgan fingerprint density at radius 1 is 1.43 bits per heavy atom. The Bertz CT molecular complexity index is 786. The molecule has 0 spiro atoms. The van der Waals surface area contributed by atoms with Crippen LogP contribution in [-0.2, 0) is 13.0 Å². The fourth-order valence-electron chi connectivity index (χ4n) is 3.24. The van der Waals surface area contributed by atoms with Crippen molar-refractivity contribution in [2.45, 2.75) is 25.4 Å². The lowest BCUT2D eigenvalue weighted by Gasteiger charge is -2.34. The molecule has 0 bridgehead atoms. The summed E-state index contributed by atoms with van der Waals surface area (Å²) in [4.78, 5) is 9.75. The number of pyridine rings is 1. The summed E-state index contributed by atoms with van der Waals surface area (Å²) < 4.78 is 2.09. The van der Waals surface area contributed by atoms with Gasteiger partial charge in [-0.05, 0) is 25.0 Å². The third-order valence-electron chi connectivity index (χ3n) is 4.41. The number of hydrogen-bond acceptors (Lipinski definition) is 4. The molecule has 3 N–H and O–H groups in total. The number of H-pyrrole nitrogens is 1. The van der Waals surface area contributed by atoms with Gasteiger partial charge in [0, 0.05) is 36.6 Å². The fraction of sp³-hybridized carbons (Fsp3) is 0.333. The third-order valence-corrected chi connectivity index (χ3v) is 4.41. The summed E-state index contributed by atoms with van der Waals surface area (Å²) in [6.45, 7) is 0.895. The average Bonchev–Trinajstić information content (AvgIpc) is 3.14. The Labute approximate surface area is 122 Å². The maximum atomic E-state index is 6.19. The highest BCUT2D eigenvalue weighted by Gasteiger charge is 2.25. The van der Waals surface area contributed by atoms with E-state index in [1.807, 2.05) is 18.5 Å². The fourth-order valence-corrected chi connectivity index (χ4v) is 3.24. The molecule has 1 atom stereocenters. The minimum absolute atomic E-state index is 0.389. The third kappa shape index (κ3) is 1.86. The number of rotatable bonds is 2. The molecular formula is C15H18N6. The highest BCUT2D eigenvalue weighted by atomic mass is 15.3. The van der Waals surface area contributed by atoms with Crippen molar-refractivity contribution in [2.24, 2.45) is 0 Å². The number of nitrogens with two attached hydrogens (primary N) is 1. The minimum Gasteiger partial charge on any atom is -0.396 e. The van der Waals surface area contributed by atoms with Gasteiger partial charge in [0.05, 0.1) is 24.1 Å². The van der Waals surface area contributed by atoms with Crippen LogP contribution in [0.25, 0.3) is 11.0 Å². The summed E-state index contributed by atoms with van der Waals surface area (Å²) in [7, 11) is 2.11. The van der Waals surface area contributed by atoms with Gasteiger partial charge in [-0.3, -0.25) is 4.68 Å². The number of nitrogen functional groups attached to an aromatic ring is 1. The molecular weight excluding hydrogens is 264 g/mol. The van der Waals surface area contributed by atoms with Crippen LogP contribution < -0.4 is 10.6 Å². The second-order valence-electron chi connectivity index (χ2n) is 5.61.